The van der Waals surface area contributed by atoms with Gasteiger partial charge in [0.15, 0.2) is 0 Å². The third-order valence-electron chi connectivity index (χ3n) is 7.14. The van der Waals surface area contributed by atoms with E-state index in [-0.39, 0.29) is 35.7 Å². The van der Waals surface area contributed by atoms with Crippen LogP contribution in [0.25, 0.3) is 22.3 Å². The van der Waals surface area contributed by atoms with Crippen LogP contribution < -0.4 is 10.6 Å². The van der Waals surface area contributed by atoms with Gasteiger partial charge in [0.25, 0.3) is 5.91 Å². The third kappa shape index (κ3) is 8.16. The predicted octanol–water partition coefficient (Wildman–Crippen LogP) is 9.15. The van der Waals surface area contributed by atoms with Crippen LogP contribution in [0.5, 0.6) is 0 Å². The fourth-order valence-corrected chi connectivity index (χ4v) is 5.12. The van der Waals surface area contributed by atoms with Crippen molar-refractivity contribution in [2.45, 2.75) is 39.2 Å². The molecule has 0 atom stereocenters. The third-order valence-corrected chi connectivity index (χ3v) is 7.45. The van der Waals surface area contributed by atoms with E-state index in [2.05, 4.69) is 10.6 Å². The van der Waals surface area contributed by atoms with Crippen molar-refractivity contribution in [3.63, 3.8) is 0 Å². The molecule has 0 heterocycles. The van der Waals surface area contributed by atoms with Gasteiger partial charge >= 0.3 is 18.3 Å². The van der Waals surface area contributed by atoms with Gasteiger partial charge in [-0.25, -0.2) is 0 Å². The molecule has 0 saturated carbocycles. The first kappa shape index (κ1) is 33.4. The number of nitrogens with one attached hydrogen (secondary N) is 2. The maximum atomic E-state index is 13.7. The highest BCUT2D eigenvalue weighted by atomic mass is 35.5. The number of alkyl halides is 6. The van der Waals surface area contributed by atoms with Gasteiger partial charge in [0.1, 0.15) is 0 Å². The number of anilines is 1. The zero-order chi connectivity index (χ0) is 33.1. The lowest BCUT2D eigenvalue weighted by atomic mass is 9.92. The van der Waals surface area contributed by atoms with E-state index in [1.165, 1.54) is 24.3 Å². The maximum Gasteiger partial charge on any atom is 0.416 e. The number of halogens is 7. The van der Waals surface area contributed by atoms with Gasteiger partial charge in [-0.3, -0.25) is 9.59 Å². The predicted molar refractivity (Wildman–Crippen MR) is 160 cm³/mol. The molecule has 0 aliphatic rings. The van der Waals surface area contributed by atoms with E-state index >= 15 is 0 Å². The average Bonchev–Trinajstić information content (AvgIpc) is 2.95. The van der Waals surface area contributed by atoms with Gasteiger partial charge in [0.05, 0.1) is 22.6 Å². The van der Waals surface area contributed by atoms with Gasteiger partial charge in [-0.2, -0.15) is 26.3 Å². The molecule has 0 spiro atoms. The van der Waals surface area contributed by atoms with E-state index in [4.69, 9.17) is 16.7 Å². The number of hydrogen-bond donors (Lipinski definition) is 3. The van der Waals surface area contributed by atoms with Crippen LogP contribution in [-0.4, -0.2) is 23.5 Å². The molecular weight excluding hydrogens is 622 g/mol. The molecule has 0 bridgehead atoms. The van der Waals surface area contributed by atoms with Gasteiger partial charge in [-0.1, -0.05) is 35.9 Å². The number of carboxylic acids is 1. The van der Waals surface area contributed by atoms with E-state index in [0.29, 0.717) is 39.1 Å². The normalized spacial score (nSPS) is 11.8. The van der Waals surface area contributed by atoms with Crippen LogP contribution in [0.1, 0.15) is 44.6 Å². The fraction of sp³-hybridized carbons (Fsp3) is 0.212. The molecule has 1 amide bonds. The van der Waals surface area contributed by atoms with Crippen LogP contribution in [0.15, 0.2) is 72.8 Å². The molecule has 0 radical (unpaired) electrons. The smallest absolute Gasteiger partial charge is 0.416 e. The summed E-state index contributed by atoms with van der Waals surface area (Å²) in [5, 5.41) is 14.7. The molecule has 0 aromatic heterocycles. The Kier molecular flexibility index (Phi) is 9.82. The van der Waals surface area contributed by atoms with Gasteiger partial charge in [-0.05, 0) is 95.8 Å². The average molecular weight is 649 g/mol. The van der Waals surface area contributed by atoms with Gasteiger partial charge < -0.3 is 15.7 Å². The largest absolute Gasteiger partial charge is 0.481 e. The lowest BCUT2D eigenvalue weighted by Crippen LogP contribution is -2.26. The summed E-state index contributed by atoms with van der Waals surface area (Å²) in [6.07, 6.45) is -9.33. The summed E-state index contributed by atoms with van der Waals surface area (Å²) >= 11 is 6.50. The zero-order valence-electron chi connectivity index (χ0n) is 24.0. The first-order valence-corrected chi connectivity index (χ1v) is 13.9. The number of benzene rings is 4. The second kappa shape index (κ2) is 13.2. The lowest BCUT2D eigenvalue weighted by Gasteiger charge is -2.18. The zero-order valence-corrected chi connectivity index (χ0v) is 24.7. The summed E-state index contributed by atoms with van der Waals surface area (Å²) < 4.78 is 80.3. The lowest BCUT2D eigenvalue weighted by molar-refractivity contribution is -0.138. The number of carbonyl (C=O) groups excluding carboxylic acids is 1. The molecule has 236 valence electrons. The van der Waals surface area contributed by atoms with Crippen molar-refractivity contribution >= 4 is 29.2 Å². The fourth-order valence-electron chi connectivity index (χ4n) is 4.83. The quantitative estimate of drug-likeness (QED) is 0.158. The minimum absolute atomic E-state index is 0.0760. The Labute approximate surface area is 259 Å². The van der Waals surface area contributed by atoms with Crippen LogP contribution in [0, 0.1) is 13.8 Å². The van der Waals surface area contributed by atoms with Crippen molar-refractivity contribution in [3.8, 4) is 22.3 Å². The Hall–Kier alpha value is -4.51. The topological polar surface area (TPSA) is 78.4 Å². The van der Waals surface area contributed by atoms with Crippen molar-refractivity contribution in [1.29, 1.82) is 0 Å². The summed E-state index contributed by atoms with van der Waals surface area (Å²) in [7, 11) is 0. The van der Waals surface area contributed by atoms with E-state index in [1.54, 1.807) is 38.1 Å². The van der Waals surface area contributed by atoms with Crippen LogP contribution in [0.2, 0.25) is 5.02 Å². The molecule has 12 heteroatoms. The van der Waals surface area contributed by atoms with Crippen LogP contribution in [0.4, 0.5) is 32.0 Å². The van der Waals surface area contributed by atoms with Crippen molar-refractivity contribution in [1.82, 2.24) is 5.32 Å². The highest BCUT2D eigenvalue weighted by molar-refractivity contribution is 6.33. The highest BCUT2D eigenvalue weighted by Crippen LogP contribution is 2.38. The Morgan fingerprint density at radius 2 is 1.31 bits per heavy atom. The molecule has 4 aromatic carbocycles. The number of rotatable bonds is 9. The molecule has 0 fully saturated rings. The molecular formula is C33H27ClF6N2O3. The summed E-state index contributed by atoms with van der Waals surface area (Å²) in [6, 6.07) is 16.2. The molecule has 3 N–H and O–H groups in total. The molecule has 0 aliphatic carbocycles. The van der Waals surface area contributed by atoms with Crippen LogP contribution in [0.3, 0.4) is 0 Å². The minimum Gasteiger partial charge on any atom is -0.481 e. The number of hydrogen-bond acceptors (Lipinski definition) is 3. The van der Waals surface area contributed by atoms with Gasteiger partial charge in [-0.15, -0.1) is 0 Å². The Balaban J connectivity index is 1.60. The van der Waals surface area contributed by atoms with E-state index in [9.17, 15) is 35.9 Å². The van der Waals surface area contributed by atoms with Crippen molar-refractivity contribution < 1.29 is 41.0 Å². The molecule has 0 aliphatic heterocycles. The Morgan fingerprint density at radius 1 is 0.733 bits per heavy atom. The van der Waals surface area contributed by atoms with Crippen molar-refractivity contribution in [3.05, 3.63) is 111 Å². The first-order chi connectivity index (χ1) is 21.0. The number of carboxylic acid groups (broad SMARTS) is 1. The standard InChI is InChI=1S/C33H27ClF6N2O3/c1-18-13-20(31(45)41-12-11-30(43)44)4-8-26(18)28-15-23(33(38,39)40)5-3-21(28)17-42-24-7-10-27(29(34)16-24)25-9-6-22(14-19(25)2)32(35,36)37/h3-10,13-16,42H,11-12,17H2,1-2H3,(H,41,45)(H,43,44). The number of amides is 1. The van der Waals surface area contributed by atoms with Crippen molar-refractivity contribution in [2.24, 2.45) is 0 Å². The second-order valence-electron chi connectivity index (χ2n) is 10.4. The molecule has 0 saturated heterocycles. The summed E-state index contributed by atoms with van der Waals surface area (Å²) in [5.74, 6) is -1.58. The number of carbonyl (C=O) groups is 2. The van der Waals surface area contributed by atoms with Crippen LogP contribution in [-0.2, 0) is 23.7 Å². The first-order valence-electron chi connectivity index (χ1n) is 13.6. The Morgan fingerprint density at radius 3 is 1.91 bits per heavy atom. The van der Waals surface area contributed by atoms with E-state index in [1.807, 2.05) is 0 Å². The SMILES string of the molecule is Cc1cc(C(F)(F)F)ccc1-c1ccc(NCc2ccc(C(F)(F)F)cc2-c2ccc(C(=O)NCCC(=O)O)cc2C)cc1Cl. The van der Waals surface area contributed by atoms with Gasteiger partial charge in [0.2, 0.25) is 0 Å². The summed E-state index contributed by atoms with van der Waals surface area (Å²) in [5.41, 5.74) is 2.37. The summed E-state index contributed by atoms with van der Waals surface area (Å²) in [4.78, 5) is 23.1. The molecule has 4 rings (SSSR count). The highest BCUT2D eigenvalue weighted by Gasteiger charge is 2.32. The molecule has 5 nitrogen and oxygen atoms in total. The summed E-state index contributed by atoms with van der Waals surface area (Å²) in [6.45, 7) is 3.23. The maximum absolute atomic E-state index is 13.7. The second-order valence-corrected chi connectivity index (χ2v) is 10.8. The Bertz CT molecular complexity index is 1750. The number of aliphatic carboxylic acids is 1. The molecule has 45 heavy (non-hydrogen) atoms. The monoisotopic (exact) mass is 648 g/mol. The van der Waals surface area contributed by atoms with E-state index in [0.717, 1.165) is 24.3 Å². The number of aryl methyl sites for hydroxylation is 2. The minimum atomic E-state index is -4.60. The van der Waals surface area contributed by atoms with E-state index < -0.39 is 35.4 Å². The van der Waals surface area contributed by atoms with Gasteiger partial charge in [0, 0.05) is 29.9 Å². The van der Waals surface area contributed by atoms with Crippen molar-refractivity contribution in [2.75, 3.05) is 11.9 Å². The van der Waals surface area contributed by atoms with Crippen LogP contribution >= 0.6 is 11.6 Å². The molecule has 4 aromatic rings. The molecule has 0 unspecified atom stereocenters.